The standard InChI is InChI=1S/C17H24N2O2/c1-3-17(21)8-4-5-14-10-19(11-15(14)17)16-7-6-13(9-18-16)12(2)20/h6-7,9,14-15,21H,3-5,8,10-11H2,1-2H3/t14-,15+,17-/m0/s1. The third kappa shape index (κ3) is 2.57. The molecule has 4 nitrogen and oxygen atoms in total. The van der Waals surface area contributed by atoms with E-state index < -0.39 is 5.60 Å². The molecule has 2 heterocycles. The summed E-state index contributed by atoms with van der Waals surface area (Å²) in [6.07, 6.45) is 5.74. The Bertz CT molecular complexity index is 528. The van der Waals surface area contributed by atoms with Gasteiger partial charge < -0.3 is 10.0 Å². The molecule has 1 N–H and O–H groups in total. The van der Waals surface area contributed by atoms with Crippen LogP contribution in [0.25, 0.3) is 0 Å². The van der Waals surface area contributed by atoms with Crippen LogP contribution in [0.4, 0.5) is 5.82 Å². The molecule has 3 rings (SSSR count). The lowest BCUT2D eigenvalue weighted by atomic mass is 9.69. The van der Waals surface area contributed by atoms with Crippen molar-refractivity contribution in [1.29, 1.82) is 0 Å². The van der Waals surface area contributed by atoms with E-state index in [4.69, 9.17) is 0 Å². The molecule has 0 spiro atoms. The van der Waals surface area contributed by atoms with Crippen LogP contribution in [0, 0.1) is 11.8 Å². The van der Waals surface area contributed by atoms with Gasteiger partial charge in [-0.2, -0.15) is 0 Å². The van der Waals surface area contributed by atoms with Crippen LogP contribution in [0.1, 0.15) is 49.9 Å². The van der Waals surface area contributed by atoms with Crippen LogP contribution in [0.2, 0.25) is 0 Å². The lowest BCUT2D eigenvalue weighted by Crippen LogP contribution is -2.44. The van der Waals surface area contributed by atoms with Crippen LogP contribution in [0.5, 0.6) is 0 Å². The molecule has 2 fully saturated rings. The minimum Gasteiger partial charge on any atom is -0.390 e. The summed E-state index contributed by atoms with van der Waals surface area (Å²) < 4.78 is 0. The fraction of sp³-hybridized carbons (Fsp3) is 0.647. The van der Waals surface area contributed by atoms with Gasteiger partial charge in [0.1, 0.15) is 5.82 Å². The van der Waals surface area contributed by atoms with E-state index in [0.29, 0.717) is 17.4 Å². The molecule has 0 bridgehead atoms. The van der Waals surface area contributed by atoms with Crippen molar-refractivity contribution in [3.05, 3.63) is 23.9 Å². The van der Waals surface area contributed by atoms with Crippen LogP contribution >= 0.6 is 0 Å². The molecule has 1 aliphatic heterocycles. The molecule has 1 aromatic heterocycles. The molecule has 2 aliphatic rings. The van der Waals surface area contributed by atoms with Crippen molar-refractivity contribution in [2.75, 3.05) is 18.0 Å². The van der Waals surface area contributed by atoms with Gasteiger partial charge in [-0.1, -0.05) is 13.3 Å². The largest absolute Gasteiger partial charge is 0.390 e. The highest BCUT2D eigenvalue weighted by molar-refractivity contribution is 5.93. The van der Waals surface area contributed by atoms with Crippen molar-refractivity contribution in [2.45, 2.75) is 45.1 Å². The van der Waals surface area contributed by atoms with Crippen molar-refractivity contribution >= 4 is 11.6 Å². The van der Waals surface area contributed by atoms with E-state index in [1.165, 1.54) is 6.42 Å². The molecule has 0 unspecified atom stereocenters. The predicted molar refractivity (Wildman–Crippen MR) is 82.5 cm³/mol. The number of carbonyl (C=O) groups is 1. The maximum Gasteiger partial charge on any atom is 0.161 e. The van der Waals surface area contributed by atoms with Gasteiger partial charge in [-0.05, 0) is 44.2 Å². The highest BCUT2D eigenvalue weighted by Crippen LogP contribution is 2.44. The van der Waals surface area contributed by atoms with Gasteiger partial charge in [0.15, 0.2) is 5.78 Å². The Balaban J connectivity index is 1.78. The van der Waals surface area contributed by atoms with Gasteiger partial charge in [-0.3, -0.25) is 4.79 Å². The summed E-state index contributed by atoms with van der Waals surface area (Å²) in [7, 11) is 0. The maximum atomic E-state index is 11.3. The number of hydrogen-bond acceptors (Lipinski definition) is 4. The van der Waals surface area contributed by atoms with Crippen molar-refractivity contribution in [3.8, 4) is 0 Å². The number of aromatic nitrogens is 1. The van der Waals surface area contributed by atoms with Crippen LogP contribution in [0.3, 0.4) is 0 Å². The Kier molecular flexibility index (Phi) is 3.74. The second-order valence-corrected chi connectivity index (χ2v) is 6.58. The number of aliphatic hydroxyl groups is 1. The molecule has 114 valence electrons. The van der Waals surface area contributed by atoms with Gasteiger partial charge in [0.05, 0.1) is 5.60 Å². The van der Waals surface area contributed by atoms with Gasteiger partial charge in [-0.25, -0.2) is 4.98 Å². The smallest absolute Gasteiger partial charge is 0.161 e. The second kappa shape index (κ2) is 5.41. The number of anilines is 1. The average Bonchev–Trinajstić information content (AvgIpc) is 2.93. The molecule has 0 aromatic carbocycles. The summed E-state index contributed by atoms with van der Waals surface area (Å²) in [5.41, 5.74) is 0.150. The van der Waals surface area contributed by atoms with Gasteiger partial charge in [-0.15, -0.1) is 0 Å². The lowest BCUT2D eigenvalue weighted by molar-refractivity contribution is -0.0597. The number of carbonyl (C=O) groups excluding carboxylic acids is 1. The first-order valence-corrected chi connectivity index (χ1v) is 7.98. The minimum absolute atomic E-state index is 0.0458. The van der Waals surface area contributed by atoms with Gasteiger partial charge in [0.2, 0.25) is 0 Å². The quantitative estimate of drug-likeness (QED) is 0.869. The zero-order chi connectivity index (χ0) is 15.0. The number of rotatable bonds is 3. The first-order valence-electron chi connectivity index (χ1n) is 7.98. The minimum atomic E-state index is -0.503. The van der Waals surface area contributed by atoms with Gasteiger partial charge >= 0.3 is 0 Å². The first-order chi connectivity index (χ1) is 10.0. The number of fused-ring (bicyclic) bond motifs is 1. The summed E-state index contributed by atoms with van der Waals surface area (Å²) in [6.45, 7) is 5.49. The van der Waals surface area contributed by atoms with Crippen molar-refractivity contribution < 1.29 is 9.90 Å². The molecule has 21 heavy (non-hydrogen) atoms. The first kappa shape index (κ1) is 14.5. The van der Waals surface area contributed by atoms with E-state index in [1.54, 1.807) is 13.1 Å². The van der Waals surface area contributed by atoms with E-state index in [0.717, 1.165) is 38.2 Å². The summed E-state index contributed by atoms with van der Waals surface area (Å²) in [4.78, 5) is 18.0. The van der Waals surface area contributed by atoms with E-state index >= 15 is 0 Å². The molecule has 1 saturated carbocycles. The second-order valence-electron chi connectivity index (χ2n) is 6.58. The Labute approximate surface area is 126 Å². The molecule has 4 heteroatoms. The third-order valence-corrected chi connectivity index (χ3v) is 5.41. The number of nitrogens with zero attached hydrogens (tertiary/aromatic N) is 2. The summed E-state index contributed by atoms with van der Waals surface area (Å²) in [6, 6.07) is 3.78. The highest BCUT2D eigenvalue weighted by atomic mass is 16.3. The van der Waals surface area contributed by atoms with E-state index in [1.807, 2.05) is 12.1 Å². The van der Waals surface area contributed by atoms with Crippen LogP contribution in [0.15, 0.2) is 18.3 Å². The van der Waals surface area contributed by atoms with Crippen LogP contribution < -0.4 is 4.90 Å². The SMILES string of the molecule is CC[C@]1(O)CCC[C@H]2CN(c3ccc(C(C)=O)cn3)C[C@H]21. The predicted octanol–water partition coefficient (Wildman–Crippen LogP) is 2.66. The summed E-state index contributed by atoms with van der Waals surface area (Å²) in [5, 5.41) is 10.8. The lowest BCUT2D eigenvalue weighted by Gasteiger charge is -2.40. The number of pyridine rings is 1. The Hall–Kier alpha value is -1.42. The monoisotopic (exact) mass is 288 g/mol. The fourth-order valence-corrected chi connectivity index (χ4v) is 4.04. The van der Waals surface area contributed by atoms with E-state index in [9.17, 15) is 9.90 Å². The van der Waals surface area contributed by atoms with Crippen molar-refractivity contribution in [3.63, 3.8) is 0 Å². The number of ketones is 1. The Morgan fingerprint density at radius 1 is 1.48 bits per heavy atom. The summed E-state index contributed by atoms with van der Waals surface area (Å²) in [5.74, 6) is 1.89. The zero-order valence-corrected chi connectivity index (χ0v) is 12.9. The molecule has 3 atom stereocenters. The summed E-state index contributed by atoms with van der Waals surface area (Å²) >= 11 is 0. The fourth-order valence-electron chi connectivity index (χ4n) is 4.04. The zero-order valence-electron chi connectivity index (χ0n) is 12.9. The van der Waals surface area contributed by atoms with Crippen LogP contribution in [-0.2, 0) is 0 Å². The average molecular weight is 288 g/mol. The molecule has 0 amide bonds. The molecule has 1 aromatic rings. The molecule has 1 aliphatic carbocycles. The van der Waals surface area contributed by atoms with Gasteiger partial charge in [0.25, 0.3) is 0 Å². The number of hydrogen-bond donors (Lipinski definition) is 1. The maximum absolute atomic E-state index is 11.3. The van der Waals surface area contributed by atoms with Crippen molar-refractivity contribution in [1.82, 2.24) is 4.98 Å². The van der Waals surface area contributed by atoms with Crippen LogP contribution in [-0.4, -0.2) is 34.6 Å². The molecule has 0 radical (unpaired) electrons. The van der Waals surface area contributed by atoms with E-state index in [-0.39, 0.29) is 5.78 Å². The topological polar surface area (TPSA) is 53.4 Å². The number of Topliss-reactive ketones (excluding diaryl/α,β-unsaturated/α-hetero) is 1. The third-order valence-electron chi connectivity index (χ3n) is 5.41. The van der Waals surface area contributed by atoms with Gasteiger partial charge in [0, 0.05) is 30.8 Å². The Morgan fingerprint density at radius 2 is 2.29 bits per heavy atom. The molecular weight excluding hydrogens is 264 g/mol. The Morgan fingerprint density at radius 3 is 2.90 bits per heavy atom. The van der Waals surface area contributed by atoms with E-state index in [2.05, 4.69) is 16.8 Å². The molecule has 1 saturated heterocycles. The van der Waals surface area contributed by atoms with Crippen molar-refractivity contribution in [2.24, 2.45) is 11.8 Å². The normalized spacial score (nSPS) is 32.0. The molecular formula is C17H24N2O2. The highest BCUT2D eigenvalue weighted by Gasteiger charge is 2.47.